The molecule has 170 valence electrons. The molecule has 11 heteroatoms. The van der Waals surface area contributed by atoms with E-state index >= 15 is 0 Å². The lowest BCUT2D eigenvalue weighted by atomic mass is 9.78. The lowest BCUT2D eigenvalue weighted by molar-refractivity contribution is -0.274. The number of carboxylic acid groups (broad SMARTS) is 1. The standard InChI is InChI=1S/C20H20Cl2F3NO5/c1-10(19(30,20(23,24)25)11-5-8-14(27)26(4)9-11)12-6-7-13(16(22)15(12)21)31-18(2,3)17(28)29/h5-10,30H,1-4H3,(H,28,29)/t10-,19-/m0/s1. The summed E-state index contributed by atoms with van der Waals surface area (Å²) < 4.78 is 48.5. The summed E-state index contributed by atoms with van der Waals surface area (Å²) in [6.45, 7) is 3.63. The molecule has 2 aromatic rings. The number of aryl methyl sites for hydroxylation is 1. The predicted octanol–water partition coefficient (Wildman–Crippen LogP) is 4.49. The molecule has 0 spiro atoms. The van der Waals surface area contributed by atoms with Crippen LogP contribution in [-0.4, -0.2) is 32.5 Å². The molecule has 2 atom stereocenters. The summed E-state index contributed by atoms with van der Waals surface area (Å²) in [5, 5.41) is 19.4. The molecule has 1 heterocycles. The van der Waals surface area contributed by atoms with E-state index in [2.05, 4.69) is 0 Å². The van der Waals surface area contributed by atoms with Gasteiger partial charge in [0.25, 0.3) is 0 Å². The van der Waals surface area contributed by atoms with Crippen molar-refractivity contribution in [3.8, 4) is 5.75 Å². The van der Waals surface area contributed by atoms with Crippen molar-refractivity contribution in [3.63, 3.8) is 0 Å². The Morgan fingerprint density at radius 3 is 2.19 bits per heavy atom. The SMILES string of the molecule is C[C@@H](c1ccc(OC(C)(C)C(=O)O)c(Cl)c1Cl)[C@](O)(c1ccc(=O)n(C)c1)C(F)(F)F. The van der Waals surface area contributed by atoms with Gasteiger partial charge in [-0.25, -0.2) is 4.79 Å². The number of benzene rings is 1. The van der Waals surface area contributed by atoms with Crippen molar-refractivity contribution >= 4 is 29.2 Å². The first-order chi connectivity index (χ1) is 14.0. The van der Waals surface area contributed by atoms with Crippen molar-refractivity contribution in [2.24, 2.45) is 7.05 Å². The number of carbonyl (C=O) groups is 1. The van der Waals surface area contributed by atoms with Crippen LogP contribution in [0.3, 0.4) is 0 Å². The number of alkyl halides is 3. The Morgan fingerprint density at radius 1 is 1.13 bits per heavy atom. The average Bonchev–Trinajstić information content (AvgIpc) is 2.65. The Hall–Kier alpha value is -2.23. The maximum Gasteiger partial charge on any atom is 0.422 e. The fraction of sp³-hybridized carbons (Fsp3) is 0.400. The summed E-state index contributed by atoms with van der Waals surface area (Å²) in [5.41, 5.74) is -6.35. The molecule has 0 bridgehead atoms. The van der Waals surface area contributed by atoms with E-state index in [1.165, 1.54) is 33.0 Å². The number of ether oxygens (including phenoxy) is 1. The second-order valence-electron chi connectivity index (χ2n) is 7.55. The highest BCUT2D eigenvalue weighted by Crippen LogP contribution is 2.51. The number of hydrogen-bond acceptors (Lipinski definition) is 4. The van der Waals surface area contributed by atoms with Crippen molar-refractivity contribution in [2.45, 2.75) is 44.1 Å². The van der Waals surface area contributed by atoms with Gasteiger partial charge in [-0.2, -0.15) is 13.2 Å². The minimum atomic E-state index is -5.14. The van der Waals surface area contributed by atoms with Crippen molar-refractivity contribution < 1.29 is 32.9 Å². The summed E-state index contributed by atoms with van der Waals surface area (Å²) in [6.07, 6.45) is -4.24. The van der Waals surface area contributed by atoms with Gasteiger partial charge in [-0.1, -0.05) is 36.2 Å². The van der Waals surface area contributed by atoms with Gasteiger partial charge in [0, 0.05) is 30.8 Å². The van der Waals surface area contributed by atoms with Crippen LogP contribution in [0.2, 0.25) is 10.0 Å². The van der Waals surface area contributed by atoms with Crippen LogP contribution in [0.5, 0.6) is 5.75 Å². The molecule has 0 aliphatic rings. The number of aromatic nitrogens is 1. The molecular formula is C20H20Cl2F3NO5. The van der Waals surface area contributed by atoms with Crippen molar-refractivity contribution in [3.05, 3.63) is 62.0 Å². The van der Waals surface area contributed by atoms with Gasteiger partial charge in [-0.3, -0.25) is 4.79 Å². The number of carboxylic acids is 1. The average molecular weight is 482 g/mol. The van der Waals surface area contributed by atoms with E-state index in [1.807, 2.05) is 0 Å². The molecule has 0 saturated carbocycles. The number of pyridine rings is 1. The molecule has 0 aliphatic carbocycles. The molecule has 0 fully saturated rings. The molecule has 31 heavy (non-hydrogen) atoms. The molecule has 2 rings (SSSR count). The zero-order valence-corrected chi connectivity index (χ0v) is 18.4. The van der Waals surface area contributed by atoms with E-state index in [4.69, 9.17) is 27.9 Å². The Morgan fingerprint density at radius 2 is 1.71 bits per heavy atom. The Kier molecular flexibility index (Phi) is 6.76. The number of nitrogens with zero attached hydrogens (tertiary/aromatic N) is 1. The normalized spacial score (nSPS) is 15.3. The third-order valence-corrected chi connectivity index (χ3v) is 5.89. The first kappa shape index (κ1) is 25.0. The highest BCUT2D eigenvalue weighted by Gasteiger charge is 2.59. The molecule has 0 radical (unpaired) electrons. The third-order valence-electron chi connectivity index (χ3n) is 5.01. The molecule has 2 N–H and O–H groups in total. The zero-order chi connectivity index (χ0) is 23.9. The number of hydrogen-bond donors (Lipinski definition) is 2. The lowest BCUT2D eigenvalue weighted by Gasteiger charge is -2.37. The molecular weight excluding hydrogens is 462 g/mol. The third kappa shape index (κ3) is 4.53. The molecule has 0 amide bonds. The number of aliphatic carboxylic acids is 1. The van der Waals surface area contributed by atoms with Crippen LogP contribution < -0.4 is 10.3 Å². The molecule has 1 aromatic heterocycles. The van der Waals surface area contributed by atoms with Crippen molar-refractivity contribution in [2.75, 3.05) is 0 Å². The predicted molar refractivity (Wildman–Crippen MR) is 109 cm³/mol. The van der Waals surface area contributed by atoms with Gasteiger partial charge >= 0.3 is 12.1 Å². The van der Waals surface area contributed by atoms with Crippen molar-refractivity contribution in [1.29, 1.82) is 0 Å². The summed E-state index contributed by atoms with van der Waals surface area (Å²) in [6, 6.07) is 4.17. The molecule has 6 nitrogen and oxygen atoms in total. The van der Waals surface area contributed by atoms with Crippen LogP contribution >= 0.6 is 23.2 Å². The Balaban J connectivity index is 2.62. The van der Waals surface area contributed by atoms with Gasteiger partial charge < -0.3 is 19.5 Å². The van der Waals surface area contributed by atoms with E-state index in [-0.39, 0.29) is 21.4 Å². The van der Waals surface area contributed by atoms with Crippen LogP contribution in [0, 0.1) is 0 Å². The summed E-state index contributed by atoms with van der Waals surface area (Å²) in [5.74, 6) is -3.09. The molecule has 0 saturated heterocycles. The first-order valence-corrected chi connectivity index (χ1v) is 9.66. The molecule has 0 aliphatic heterocycles. The largest absolute Gasteiger partial charge is 0.478 e. The van der Waals surface area contributed by atoms with E-state index in [0.29, 0.717) is 0 Å². The van der Waals surface area contributed by atoms with E-state index in [9.17, 15) is 33.0 Å². The van der Waals surface area contributed by atoms with Crippen molar-refractivity contribution in [1.82, 2.24) is 4.57 Å². The monoisotopic (exact) mass is 481 g/mol. The summed E-state index contributed by atoms with van der Waals surface area (Å²) in [7, 11) is 1.26. The Labute approximate surface area is 185 Å². The first-order valence-electron chi connectivity index (χ1n) is 8.90. The van der Waals surface area contributed by atoms with Gasteiger partial charge in [0.05, 0.1) is 5.02 Å². The van der Waals surface area contributed by atoms with E-state index in [1.54, 1.807) is 0 Å². The maximum atomic E-state index is 14.1. The van der Waals surface area contributed by atoms with Gasteiger partial charge in [-0.15, -0.1) is 0 Å². The van der Waals surface area contributed by atoms with Gasteiger partial charge in [0.1, 0.15) is 10.8 Å². The van der Waals surface area contributed by atoms with E-state index in [0.717, 1.165) is 29.8 Å². The van der Waals surface area contributed by atoms with Gasteiger partial charge in [-0.05, 0) is 31.5 Å². The maximum absolute atomic E-state index is 14.1. The number of aliphatic hydroxyl groups is 1. The Bertz CT molecular complexity index is 1070. The zero-order valence-electron chi connectivity index (χ0n) is 16.9. The highest BCUT2D eigenvalue weighted by atomic mass is 35.5. The fourth-order valence-corrected chi connectivity index (χ4v) is 3.51. The minimum absolute atomic E-state index is 0.146. The molecule has 1 aromatic carbocycles. The van der Waals surface area contributed by atoms with Gasteiger partial charge in [0.15, 0.2) is 11.2 Å². The van der Waals surface area contributed by atoms with Crippen LogP contribution in [0.15, 0.2) is 35.3 Å². The minimum Gasteiger partial charge on any atom is -0.478 e. The fourth-order valence-electron chi connectivity index (χ4n) is 2.98. The summed E-state index contributed by atoms with van der Waals surface area (Å²) in [4.78, 5) is 22.9. The number of rotatable bonds is 6. The topological polar surface area (TPSA) is 88.8 Å². The van der Waals surface area contributed by atoms with Gasteiger partial charge in [0.2, 0.25) is 5.56 Å². The lowest BCUT2D eigenvalue weighted by Crippen LogP contribution is -2.47. The highest BCUT2D eigenvalue weighted by molar-refractivity contribution is 6.43. The van der Waals surface area contributed by atoms with Crippen LogP contribution in [0.1, 0.15) is 37.8 Å². The summed E-state index contributed by atoms with van der Waals surface area (Å²) >= 11 is 12.4. The van der Waals surface area contributed by atoms with E-state index < -0.39 is 40.4 Å². The smallest absolute Gasteiger partial charge is 0.422 e. The van der Waals surface area contributed by atoms with Crippen LogP contribution in [0.25, 0.3) is 0 Å². The second-order valence-corrected chi connectivity index (χ2v) is 8.31. The second kappa shape index (κ2) is 8.37. The molecule has 0 unspecified atom stereocenters. The number of halogens is 5. The van der Waals surface area contributed by atoms with Crippen LogP contribution in [0.4, 0.5) is 13.2 Å². The quantitative estimate of drug-likeness (QED) is 0.634. The van der Waals surface area contributed by atoms with Crippen LogP contribution in [-0.2, 0) is 17.4 Å².